The number of hydrogen-bond donors (Lipinski definition) is 0. The van der Waals surface area contributed by atoms with Crippen LogP contribution in [0.4, 0.5) is 10.3 Å². The van der Waals surface area contributed by atoms with Crippen molar-refractivity contribution in [1.29, 1.82) is 0 Å². The third-order valence-electron chi connectivity index (χ3n) is 4.15. The van der Waals surface area contributed by atoms with E-state index in [9.17, 15) is 9.18 Å². The molecule has 0 saturated carbocycles. The van der Waals surface area contributed by atoms with Crippen LogP contribution in [0.5, 0.6) is 0 Å². The van der Waals surface area contributed by atoms with Gasteiger partial charge in [-0.05, 0) is 45.6 Å². The van der Waals surface area contributed by atoms with Crippen LogP contribution >= 0.6 is 27.3 Å². The maximum Gasteiger partial charge on any atom is 0.264 e. The van der Waals surface area contributed by atoms with E-state index in [0.717, 1.165) is 14.6 Å². The zero-order chi connectivity index (χ0) is 17.4. The van der Waals surface area contributed by atoms with Crippen LogP contribution in [-0.4, -0.2) is 47.0 Å². The Bertz CT molecular complexity index is 922. The third kappa shape index (κ3) is 3.36. The van der Waals surface area contributed by atoms with E-state index in [1.165, 1.54) is 23.5 Å². The van der Waals surface area contributed by atoms with Crippen LogP contribution in [-0.2, 0) is 0 Å². The Morgan fingerprint density at radius 2 is 1.84 bits per heavy atom. The van der Waals surface area contributed by atoms with Gasteiger partial charge in [-0.15, -0.1) is 11.3 Å². The van der Waals surface area contributed by atoms with Crippen LogP contribution in [0, 0.1) is 5.82 Å². The number of benzene rings is 1. The molecular formula is C17H14BrFN4OS. The second kappa shape index (κ2) is 6.68. The summed E-state index contributed by atoms with van der Waals surface area (Å²) >= 11 is 4.73. The van der Waals surface area contributed by atoms with Crippen LogP contribution in [0.25, 0.3) is 10.1 Å². The van der Waals surface area contributed by atoms with E-state index in [0.29, 0.717) is 37.0 Å². The molecule has 4 rings (SSSR count). The predicted octanol–water partition coefficient (Wildman–Crippen LogP) is 3.56. The lowest BCUT2D eigenvalue weighted by atomic mass is 10.2. The van der Waals surface area contributed by atoms with Crippen molar-refractivity contribution < 1.29 is 9.18 Å². The van der Waals surface area contributed by atoms with Gasteiger partial charge in [0.25, 0.3) is 5.91 Å². The van der Waals surface area contributed by atoms with Crippen molar-refractivity contribution in [1.82, 2.24) is 14.9 Å². The maximum absolute atomic E-state index is 13.3. The topological polar surface area (TPSA) is 49.3 Å². The van der Waals surface area contributed by atoms with Gasteiger partial charge in [0.15, 0.2) is 0 Å². The highest BCUT2D eigenvalue weighted by atomic mass is 79.9. The molecule has 3 aromatic rings. The van der Waals surface area contributed by atoms with Crippen molar-refractivity contribution in [3.05, 3.63) is 51.8 Å². The number of anilines is 1. The molecule has 1 amide bonds. The van der Waals surface area contributed by atoms with Gasteiger partial charge in [0.05, 0.1) is 9.35 Å². The second-order valence-corrected chi connectivity index (χ2v) is 7.77. The summed E-state index contributed by atoms with van der Waals surface area (Å²) < 4.78 is 15.1. The molecule has 1 aliphatic heterocycles. The first kappa shape index (κ1) is 16.4. The Labute approximate surface area is 156 Å². The highest BCUT2D eigenvalue weighted by Gasteiger charge is 2.24. The molecule has 0 radical (unpaired) electrons. The van der Waals surface area contributed by atoms with Crippen molar-refractivity contribution in [2.75, 3.05) is 31.1 Å². The van der Waals surface area contributed by atoms with Crippen molar-refractivity contribution in [3.8, 4) is 0 Å². The Morgan fingerprint density at radius 3 is 2.56 bits per heavy atom. The lowest BCUT2D eigenvalue weighted by Crippen LogP contribution is -2.49. The number of halogens is 2. The molecule has 5 nitrogen and oxygen atoms in total. The molecule has 0 bridgehead atoms. The molecule has 0 atom stereocenters. The number of thiophene rings is 1. The lowest BCUT2D eigenvalue weighted by Gasteiger charge is -2.34. The number of fused-ring (bicyclic) bond motifs is 1. The zero-order valence-corrected chi connectivity index (χ0v) is 15.6. The summed E-state index contributed by atoms with van der Waals surface area (Å²) in [5.41, 5.74) is 0. The highest BCUT2D eigenvalue weighted by molar-refractivity contribution is 9.10. The van der Waals surface area contributed by atoms with Crippen LogP contribution in [0.1, 0.15) is 9.67 Å². The first-order valence-electron chi connectivity index (χ1n) is 7.81. The quantitative estimate of drug-likeness (QED) is 0.635. The first-order chi connectivity index (χ1) is 12.1. The number of rotatable bonds is 2. The van der Waals surface area contributed by atoms with E-state index >= 15 is 0 Å². The van der Waals surface area contributed by atoms with Gasteiger partial charge < -0.3 is 9.80 Å². The predicted molar refractivity (Wildman–Crippen MR) is 99.6 cm³/mol. The first-order valence-corrected chi connectivity index (χ1v) is 9.42. The molecule has 3 heterocycles. The molecule has 128 valence electrons. The summed E-state index contributed by atoms with van der Waals surface area (Å²) in [6.45, 7) is 2.60. The fraction of sp³-hybridized carbons (Fsp3) is 0.235. The summed E-state index contributed by atoms with van der Waals surface area (Å²) in [4.78, 5) is 25.9. The number of amides is 1. The number of piperazine rings is 1. The molecule has 1 fully saturated rings. The summed E-state index contributed by atoms with van der Waals surface area (Å²) in [5.74, 6) is 0.387. The Hall–Kier alpha value is -2.06. The molecule has 0 aliphatic carbocycles. The van der Waals surface area contributed by atoms with Gasteiger partial charge in [-0.1, -0.05) is 0 Å². The van der Waals surface area contributed by atoms with Gasteiger partial charge in [-0.3, -0.25) is 4.79 Å². The fourth-order valence-electron chi connectivity index (χ4n) is 2.85. The van der Waals surface area contributed by atoms with E-state index in [-0.39, 0.29) is 11.7 Å². The summed E-state index contributed by atoms with van der Waals surface area (Å²) in [7, 11) is 0. The van der Waals surface area contributed by atoms with Crippen LogP contribution in [0.15, 0.2) is 41.1 Å². The van der Waals surface area contributed by atoms with Crippen LogP contribution in [0.3, 0.4) is 0 Å². The standard InChI is InChI=1S/C17H14BrFN4OS/c18-12-9-20-17(21-10-12)23-5-3-22(4-6-23)16(24)15-8-11-7-13(19)1-2-14(11)25-15/h1-2,7-10H,3-6H2. The van der Waals surface area contributed by atoms with E-state index < -0.39 is 0 Å². The number of hydrogen-bond acceptors (Lipinski definition) is 5. The molecule has 0 unspecified atom stereocenters. The largest absolute Gasteiger partial charge is 0.337 e. The average Bonchev–Trinajstić information content (AvgIpc) is 3.05. The number of aromatic nitrogens is 2. The summed E-state index contributed by atoms with van der Waals surface area (Å²) in [6.07, 6.45) is 3.44. The SMILES string of the molecule is O=C(c1cc2cc(F)ccc2s1)N1CCN(c2ncc(Br)cn2)CC1. The minimum Gasteiger partial charge on any atom is -0.337 e. The smallest absolute Gasteiger partial charge is 0.264 e. The summed E-state index contributed by atoms with van der Waals surface area (Å²) in [6, 6.07) is 6.38. The van der Waals surface area contributed by atoms with E-state index in [1.54, 1.807) is 24.5 Å². The van der Waals surface area contributed by atoms with E-state index in [1.807, 2.05) is 4.90 Å². The van der Waals surface area contributed by atoms with Crippen molar-refractivity contribution in [3.63, 3.8) is 0 Å². The summed E-state index contributed by atoms with van der Waals surface area (Å²) in [5, 5.41) is 0.773. The number of carbonyl (C=O) groups is 1. The Balaban J connectivity index is 1.46. The van der Waals surface area contributed by atoms with Gasteiger partial charge >= 0.3 is 0 Å². The average molecular weight is 421 g/mol. The van der Waals surface area contributed by atoms with E-state index in [4.69, 9.17) is 0 Å². The Morgan fingerprint density at radius 1 is 1.12 bits per heavy atom. The monoisotopic (exact) mass is 420 g/mol. The zero-order valence-electron chi connectivity index (χ0n) is 13.2. The number of carbonyl (C=O) groups excluding carboxylic acids is 1. The molecule has 1 saturated heterocycles. The molecule has 25 heavy (non-hydrogen) atoms. The molecule has 2 aromatic heterocycles. The lowest BCUT2D eigenvalue weighted by molar-refractivity contribution is 0.0751. The van der Waals surface area contributed by atoms with Gasteiger partial charge in [0, 0.05) is 43.3 Å². The second-order valence-electron chi connectivity index (χ2n) is 5.77. The minimum absolute atomic E-state index is 0.00187. The molecular weight excluding hydrogens is 407 g/mol. The third-order valence-corrected chi connectivity index (χ3v) is 5.66. The van der Waals surface area contributed by atoms with Crippen LogP contribution < -0.4 is 4.90 Å². The van der Waals surface area contributed by atoms with E-state index in [2.05, 4.69) is 30.8 Å². The van der Waals surface area contributed by atoms with Crippen molar-refractivity contribution in [2.24, 2.45) is 0 Å². The van der Waals surface area contributed by atoms with Crippen molar-refractivity contribution in [2.45, 2.75) is 0 Å². The van der Waals surface area contributed by atoms with Gasteiger partial charge in [0.2, 0.25) is 5.95 Å². The van der Waals surface area contributed by atoms with Gasteiger partial charge in [0.1, 0.15) is 5.82 Å². The Kier molecular flexibility index (Phi) is 4.39. The van der Waals surface area contributed by atoms with Gasteiger partial charge in [-0.2, -0.15) is 0 Å². The molecule has 8 heteroatoms. The normalized spacial score (nSPS) is 15.0. The minimum atomic E-state index is -0.285. The highest BCUT2D eigenvalue weighted by Crippen LogP contribution is 2.27. The molecule has 0 spiro atoms. The molecule has 1 aromatic carbocycles. The fourth-order valence-corrected chi connectivity index (χ4v) is 4.07. The number of nitrogens with zero attached hydrogens (tertiary/aromatic N) is 4. The molecule has 1 aliphatic rings. The van der Waals surface area contributed by atoms with Gasteiger partial charge in [-0.25, -0.2) is 14.4 Å². The van der Waals surface area contributed by atoms with Crippen molar-refractivity contribution >= 4 is 49.2 Å². The van der Waals surface area contributed by atoms with Crippen LogP contribution in [0.2, 0.25) is 0 Å². The maximum atomic E-state index is 13.3. The molecule has 0 N–H and O–H groups in total.